The van der Waals surface area contributed by atoms with Gasteiger partial charge in [0.15, 0.2) is 6.29 Å². The van der Waals surface area contributed by atoms with Crippen molar-refractivity contribution in [3.63, 3.8) is 0 Å². The van der Waals surface area contributed by atoms with E-state index in [2.05, 4.69) is 10.1 Å². The van der Waals surface area contributed by atoms with Crippen molar-refractivity contribution < 1.29 is 23.5 Å². The van der Waals surface area contributed by atoms with E-state index in [1.54, 1.807) is 12.1 Å². The number of hydrogen-bond donors (Lipinski definition) is 1. The van der Waals surface area contributed by atoms with Crippen molar-refractivity contribution in [2.24, 2.45) is 0 Å². The summed E-state index contributed by atoms with van der Waals surface area (Å²) in [5.41, 5.74) is 1.09. The third kappa shape index (κ3) is 4.64. The van der Waals surface area contributed by atoms with Gasteiger partial charge < -0.3 is 10.1 Å². The van der Waals surface area contributed by atoms with Gasteiger partial charge >= 0.3 is 5.97 Å². The number of benzene rings is 2. The van der Waals surface area contributed by atoms with Crippen LogP contribution in [-0.4, -0.2) is 31.8 Å². The van der Waals surface area contributed by atoms with Crippen molar-refractivity contribution in [2.45, 2.75) is 6.42 Å². The van der Waals surface area contributed by atoms with Crippen LogP contribution in [0, 0.1) is 5.82 Å². The molecule has 7 heteroatoms. The van der Waals surface area contributed by atoms with Crippen LogP contribution in [0.2, 0.25) is 5.02 Å². The number of esters is 1. The van der Waals surface area contributed by atoms with Crippen LogP contribution >= 0.6 is 11.6 Å². The Morgan fingerprint density at radius 3 is 2.64 bits per heavy atom. The van der Waals surface area contributed by atoms with E-state index in [0.29, 0.717) is 28.0 Å². The number of methoxy groups -OCH3 is 1. The average Bonchev–Trinajstić information content (AvgIpc) is 2.61. The summed E-state index contributed by atoms with van der Waals surface area (Å²) >= 11 is 5.93. The van der Waals surface area contributed by atoms with E-state index >= 15 is 0 Å². The van der Waals surface area contributed by atoms with E-state index in [0.717, 1.165) is 6.07 Å². The Morgan fingerprint density at radius 2 is 2.00 bits per heavy atom. The molecule has 0 aliphatic heterocycles. The van der Waals surface area contributed by atoms with Crippen molar-refractivity contribution in [2.75, 3.05) is 13.7 Å². The number of hydrogen-bond acceptors (Lipinski definition) is 4. The number of halogens is 2. The normalized spacial score (nSPS) is 10.2. The van der Waals surface area contributed by atoms with Crippen LogP contribution in [0.3, 0.4) is 0 Å². The monoisotopic (exact) mass is 363 g/mol. The van der Waals surface area contributed by atoms with Gasteiger partial charge in [-0.15, -0.1) is 0 Å². The third-order valence-corrected chi connectivity index (χ3v) is 3.74. The third-order valence-electron chi connectivity index (χ3n) is 3.51. The zero-order valence-electron chi connectivity index (χ0n) is 13.3. The van der Waals surface area contributed by atoms with Crippen molar-refractivity contribution >= 4 is 29.8 Å². The lowest BCUT2D eigenvalue weighted by Gasteiger charge is -2.09. The highest BCUT2D eigenvalue weighted by atomic mass is 35.5. The van der Waals surface area contributed by atoms with E-state index in [1.165, 1.54) is 25.3 Å². The van der Waals surface area contributed by atoms with Gasteiger partial charge in [0, 0.05) is 17.1 Å². The summed E-state index contributed by atoms with van der Waals surface area (Å²) in [5, 5.41) is 2.85. The predicted octanol–water partition coefficient (Wildman–Crippen LogP) is 3.25. The van der Waals surface area contributed by atoms with E-state index in [4.69, 9.17) is 11.6 Å². The van der Waals surface area contributed by atoms with Gasteiger partial charge in [-0.25, -0.2) is 4.39 Å². The van der Waals surface area contributed by atoms with Crippen LogP contribution in [-0.2, 0) is 9.53 Å². The fraction of sp³-hybridized carbons (Fsp3) is 0.167. The summed E-state index contributed by atoms with van der Waals surface area (Å²) in [5.74, 6) is -1.86. The molecule has 2 aromatic rings. The minimum atomic E-state index is -0.745. The average molecular weight is 364 g/mol. The lowest BCUT2D eigenvalue weighted by molar-refractivity contribution is -0.140. The number of amides is 1. The number of carbonyl (C=O) groups is 3. The number of rotatable bonds is 6. The summed E-state index contributed by atoms with van der Waals surface area (Å²) < 4.78 is 18.8. The standard InChI is InChI=1S/C18H15ClFNO4/c1-25-17(23)6-7-21-18(24)14-5-3-11(8-16(14)20)15-9-13(19)4-2-12(15)10-22/h2-5,8-10H,6-7H2,1H3,(H,21,24). The largest absolute Gasteiger partial charge is 0.469 e. The van der Waals surface area contributed by atoms with Crippen molar-refractivity contribution in [1.29, 1.82) is 0 Å². The van der Waals surface area contributed by atoms with Gasteiger partial charge in [-0.3, -0.25) is 14.4 Å². The van der Waals surface area contributed by atoms with E-state index in [9.17, 15) is 18.8 Å². The van der Waals surface area contributed by atoms with E-state index < -0.39 is 17.7 Å². The van der Waals surface area contributed by atoms with Crippen molar-refractivity contribution in [3.8, 4) is 11.1 Å². The molecule has 25 heavy (non-hydrogen) atoms. The second kappa shape index (κ2) is 8.39. The van der Waals surface area contributed by atoms with Gasteiger partial charge in [-0.1, -0.05) is 17.7 Å². The molecule has 0 unspecified atom stereocenters. The molecule has 0 atom stereocenters. The topological polar surface area (TPSA) is 72.5 Å². The highest BCUT2D eigenvalue weighted by Crippen LogP contribution is 2.27. The van der Waals surface area contributed by atoms with Gasteiger partial charge in [0.05, 0.1) is 19.1 Å². The molecule has 0 saturated carbocycles. The van der Waals surface area contributed by atoms with Gasteiger partial charge in [-0.2, -0.15) is 0 Å². The maximum Gasteiger partial charge on any atom is 0.307 e. The first-order chi connectivity index (χ1) is 12.0. The smallest absolute Gasteiger partial charge is 0.307 e. The molecule has 0 bridgehead atoms. The first-order valence-electron chi connectivity index (χ1n) is 7.36. The summed E-state index contributed by atoms with van der Waals surface area (Å²) in [6.07, 6.45) is 0.643. The molecule has 1 amide bonds. The van der Waals surface area contributed by atoms with Crippen LogP contribution < -0.4 is 5.32 Å². The molecule has 0 aliphatic rings. The number of carbonyl (C=O) groups excluding carboxylic acids is 3. The maximum absolute atomic E-state index is 14.3. The maximum atomic E-state index is 14.3. The predicted molar refractivity (Wildman–Crippen MR) is 91.2 cm³/mol. The van der Waals surface area contributed by atoms with Crippen molar-refractivity contribution in [1.82, 2.24) is 5.32 Å². The highest BCUT2D eigenvalue weighted by Gasteiger charge is 2.14. The summed E-state index contributed by atoms with van der Waals surface area (Å²) in [4.78, 5) is 34.1. The Bertz CT molecular complexity index is 823. The minimum Gasteiger partial charge on any atom is -0.469 e. The first-order valence-corrected chi connectivity index (χ1v) is 7.73. The Kier molecular flexibility index (Phi) is 6.25. The molecule has 1 N–H and O–H groups in total. The first kappa shape index (κ1) is 18.6. The Hall–Kier alpha value is -2.73. The molecular formula is C18H15ClFNO4. The van der Waals surface area contributed by atoms with Crippen LogP contribution in [0.15, 0.2) is 36.4 Å². The number of nitrogens with one attached hydrogen (secondary N) is 1. The Morgan fingerprint density at radius 1 is 1.24 bits per heavy atom. The molecule has 0 aromatic heterocycles. The second-order valence-electron chi connectivity index (χ2n) is 5.13. The van der Waals surface area contributed by atoms with Crippen LogP contribution in [0.5, 0.6) is 0 Å². The van der Waals surface area contributed by atoms with Crippen LogP contribution in [0.4, 0.5) is 4.39 Å². The molecule has 0 saturated heterocycles. The van der Waals surface area contributed by atoms with Crippen LogP contribution in [0.25, 0.3) is 11.1 Å². The summed E-state index contributed by atoms with van der Waals surface area (Å²) in [6, 6.07) is 8.65. The molecule has 0 spiro atoms. The van der Waals surface area contributed by atoms with Gasteiger partial charge in [0.25, 0.3) is 5.91 Å². The molecule has 0 heterocycles. The van der Waals surface area contributed by atoms with E-state index in [1.807, 2.05) is 0 Å². The van der Waals surface area contributed by atoms with E-state index in [-0.39, 0.29) is 18.5 Å². The van der Waals surface area contributed by atoms with Gasteiger partial charge in [-0.05, 0) is 41.5 Å². The van der Waals surface area contributed by atoms with Crippen LogP contribution in [0.1, 0.15) is 27.1 Å². The molecule has 5 nitrogen and oxygen atoms in total. The summed E-state index contributed by atoms with van der Waals surface area (Å²) in [6.45, 7) is 0.0380. The lowest BCUT2D eigenvalue weighted by Crippen LogP contribution is -2.27. The highest BCUT2D eigenvalue weighted by molar-refractivity contribution is 6.31. The fourth-order valence-electron chi connectivity index (χ4n) is 2.22. The molecule has 0 fully saturated rings. The second-order valence-corrected chi connectivity index (χ2v) is 5.56. The molecule has 2 rings (SSSR count). The minimum absolute atomic E-state index is 0.00679. The molecule has 130 valence electrons. The number of aldehydes is 1. The molecular weight excluding hydrogens is 349 g/mol. The SMILES string of the molecule is COC(=O)CCNC(=O)c1ccc(-c2cc(Cl)ccc2C=O)cc1F. The Balaban J connectivity index is 2.21. The molecule has 0 aliphatic carbocycles. The molecule has 2 aromatic carbocycles. The lowest BCUT2D eigenvalue weighted by atomic mass is 9.99. The Labute approximate surface area is 148 Å². The zero-order chi connectivity index (χ0) is 18.4. The van der Waals surface area contributed by atoms with Gasteiger partial charge in [0.1, 0.15) is 5.82 Å². The zero-order valence-corrected chi connectivity index (χ0v) is 14.1. The van der Waals surface area contributed by atoms with Gasteiger partial charge in [0.2, 0.25) is 0 Å². The number of ether oxygens (including phenoxy) is 1. The summed E-state index contributed by atoms with van der Waals surface area (Å²) in [7, 11) is 1.24. The van der Waals surface area contributed by atoms with Crippen molar-refractivity contribution in [3.05, 3.63) is 58.4 Å². The molecule has 0 radical (unpaired) electrons. The quantitative estimate of drug-likeness (QED) is 0.631. The fourth-order valence-corrected chi connectivity index (χ4v) is 2.40.